The molecule has 0 atom stereocenters. The molecular formula is C26H34N2O4. The molecule has 1 aromatic heterocycles. The fourth-order valence-electron chi connectivity index (χ4n) is 7.09. The lowest BCUT2D eigenvalue weighted by atomic mass is 9.49. The van der Waals surface area contributed by atoms with Crippen LogP contribution in [0.3, 0.4) is 0 Å². The number of aliphatic hydroxyl groups is 1. The summed E-state index contributed by atoms with van der Waals surface area (Å²) in [6.45, 7) is 4.52. The van der Waals surface area contributed by atoms with Crippen LogP contribution in [0.25, 0.3) is 11.5 Å². The van der Waals surface area contributed by atoms with Gasteiger partial charge in [0.05, 0.1) is 25.0 Å². The molecule has 0 aliphatic heterocycles. The summed E-state index contributed by atoms with van der Waals surface area (Å²) < 4.78 is 10.8. The Hall–Kier alpha value is -2.18. The molecule has 1 heterocycles. The lowest BCUT2D eigenvalue weighted by Crippen LogP contribution is -2.51. The molecule has 172 valence electrons. The number of hydrogen-bond donors (Lipinski definition) is 1. The van der Waals surface area contributed by atoms with Gasteiger partial charge in [-0.1, -0.05) is 0 Å². The molecule has 0 amide bonds. The SMILES string of the molecule is COC(=O)c1ccc(-c2nc(CN(CCO)CC34CC5CC(CC(C5)C3)C4)c(C)o2)cc1. The van der Waals surface area contributed by atoms with Crippen molar-refractivity contribution in [1.29, 1.82) is 0 Å². The smallest absolute Gasteiger partial charge is 0.337 e. The first-order valence-corrected chi connectivity index (χ1v) is 12.0. The number of ether oxygens (including phenoxy) is 1. The Morgan fingerprint density at radius 2 is 1.78 bits per heavy atom. The molecule has 4 bridgehead atoms. The van der Waals surface area contributed by atoms with Crippen molar-refractivity contribution in [2.45, 2.75) is 52.0 Å². The van der Waals surface area contributed by atoms with E-state index in [9.17, 15) is 9.90 Å². The number of rotatable bonds is 8. The zero-order valence-electron chi connectivity index (χ0n) is 19.2. The van der Waals surface area contributed by atoms with Crippen molar-refractivity contribution in [2.75, 3.05) is 26.8 Å². The highest BCUT2D eigenvalue weighted by Crippen LogP contribution is 2.60. The Bertz CT molecular complexity index is 929. The number of hydrogen-bond acceptors (Lipinski definition) is 6. The molecule has 0 radical (unpaired) electrons. The Balaban J connectivity index is 1.31. The zero-order chi connectivity index (χ0) is 22.3. The van der Waals surface area contributed by atoms with E-state index in [-0.39, 0.29) is 12.6 Å². The maximum absolute atomic E-state index is 11.7. The number of esters is 1. The second-order valence-corrected chi connectivity index (χ2v) is 10.4. The predicted octanol–water partition coefficient (Wildman–Crippen LogP) is 4.45. The summed E-state index contributed by atoms with van der Waals surface area (Å²) in [5.41, 5.74) is 2.69. The lowest BCUT2D eigenvalue weighted by Gasteiger charge is -2.58. The molecule has 32 heavy (non-hydrogen) atoms. The van der Waals surface area contributed by atoms with Gasteiger partial charge in [-0.25, -0.2) is 9.78 Å². The van der Waals surface area contributed by atoms with E-state index in [0.717, 1.165) is 41.3 Å². The minimum atomic E-state index is -0.356. The first-order chi connectivity index (χ1) is 15.5. The van der Waals surface area contributed by atoms with E-state index in [1.807, 2.05) is 19.1 Å². The van der Waals surface area contributed by atoms with Gasteiger partial charge in [-0.2, -0.15) is 0 Å². The van der Waals surface area contributed by atoms with Gasteiger partial charge in [0, 0.05) is 25.2 Å². The van der Waals surface area contributed by atoms with Crippen LogP contribution in [-0.4, -0.2) is 47.8 Å². The third-order valence-electron chi connectivity index (χ3n) is 7.96. The van der Waals surface area contributed by atoms with Gasteiger partial charge in [-0.05, 0) is 92.9 Å². The normalized spacial score (nSPS) is 28.4. The highest BCUT2D eigenvalue weighted by Gasteiger charge is 2.51. The summed E-state index contributed by atoms with van der Waals surface area (Å²) in [6.07, 6.45) is 8.41. The maximum atomic E-state index is 11.7. The lowest BCUT2D eigenvalue weighted by molar-refractivity contribution is -0.0715. The molecule has 4 aliphatic carbocycles. The second-order valence-electron chi connectivity index (χ2n) is 10.4. The first kappa shape index (κ1) is 21.7. The molecule has 2 aromatic rings. The number of methoxy groups -OCH3 is 1. The number of benzene rings is 1. The van der Waals surface area contributed by atoms with Crippen LogP contribution in [0, 0.1) is 30.1 Å². The first-order valence-electron chi connectivity index (χ1n) is 12.0. The summed E-state index contributed by atoms with van der Waals surface area (Å²) in [4.78, 5) is 18.9. The van der Waals surface area contributed by atoms with Crippen LogP contribution in [0.4, 0.5) is 0 Å². The number of carbonyl (C=O) groups excluding carboxylic acids is 1. The van der Waals surface area contributed by atoms with Crippen molar-refractivity contribution < 1.29 is 19.1 Å². The van der Waals surface area contributed by atoms with Crippen LogP contribution >= 0.6 is 0 Å². The molecule has 4 saturated carbocycles. The fourth-order valence-corrected chi connectivity index (χ4v) is 7.09. The molecule has 1 N–H and O–H groups in total. The Labute approximate surface area is 190 Å². The van der Waals surface area contributed by atoms with E-state index in [1.54, 1.807) is 12.1 Å². The van der Waals surface area contributed by atoms with Gasteiger partial charge in [0.25, 0.3) is 0 Å². The molecule has 4 fully saturated rings. The minimum Gasteiger partial charge on any atom is -0.465 e. The van der Waals surface area contributed by atoms with E-state index in [0.29, 0.717) is 30.0 Å². The third kappa shape index (κ3) is 4.23. The summed E-state index contributed by atoms with van der Waals surface area (Å²) in [6, 6.07) is 7.13. The molecule has 6 nitrogen and oxygen atoms in total. The van der Waals surface area contributed by atoms with Crippen molar-refractivity contribution in [1.82, 2.24) is 9.88 Å². The van der Waals surface area contributed by atoms with Gasteiger partial charge in [0.2, 0.25) is 5.89 Å². The summed E-state index contributed by atoms with van der Waals surface area (Å²) in [5, 5.41) is 9.75. The van der Waals surface area contributed by atoms with Crippen LogP contribution in [0.2, 0.25) is 0 Å². The average Bonchev–Trinajstić information content (AvgIpc) is 3.12. The number of aryl methyl sites for hydroxylation is 1. The van der Waals surface area contributed by atoms with Gasteiger partial charge >= 0.3 is 5.97 Å². The topological polar surface area (TPSA) is 75.8 Å². The molecule has 6 heteroatoms. The molecule has 0 spiro atoms. The highest BCUT2D eigenvalue weighted by molar-refractivity contribution is 5.89. The quantitative estimate of drug-likeness (QED) is 0.614. The summed E-state index contributed by atoms with van der Waals surface area (Å²) in [5.74, 6) is 3.78. The molecule has 0 unspecified atom stereocenters. The van der Waals surface area contributed by atoms with E-state index >= 15 is 0 Å². The van der Waals surface area contributed by atoms with Gasteiger partial charge in [-0.15, -0.1) is 0 Å². The van der Waals surface area contributed by atoms with Gasteiger partial charge in [0.15, 0.2) is 0 Å². The third-order valence-corrected chi connectivity index (χ3v) is 7.96. The van der Waals surface area contributed by atoms with Crippen molar-refractivity contribution in [2.24, 2.45) is 23.2 Å². The minimum absolute atomic E-state index is 0.158. The number of oxazole rings is 1. The van der Waals surface area contributed by atoms with Crippen LogP contribution in [-0.2, 0) is 11.3 Å². The molecular weight excluding hydrogens is 404 g/mol. The average molecular weight is 439 g/mol. The van der Waals surface area contributed by atoms with Crippen molar-refractivity contribution in [3.63, 3.8) is 0 Å². The predicted molar refractivity (Wildman–Crippen MR) is 121 cm³/mol. The van der Waals surface area contributed by atoms with E-state index in [2.05, 4.69) is 4.90 Å². The maximum Gasteiger partial charge on any atom is 0.337 e. The monoisotopic (exact) mass is 438 g/mol. The molecule has 0 saturated heterocycles. The van der Waals surface area contributed by atoms with Crippen molar-refractivity contribution in [3.05, 3.63) is 41.3 Å². The van der Waals surface area contributed by atoms with Crippen molar-refractivity contribution in [3.8, 4) is 11.5 Å². The van der Waals surface area contributed by atoms with Crippen LogP contribution in [0.5, 0.6) is 0 Å². The van der Waals surface area contributed by atoms with Crippen LogP contribution in [0.1, 0.15) is 60.3 Å². The van der Waals surface area contributed by atoms with Crippen LogP contribution in [0.15, 0.2) is 28.7 Å². The van der Waals surface area contributed by atoms with Gasteiger partial charge < -0.3 is 14.3 Å². The standard InChI is InChI=1S/C26H34N2O4/c1-17-23(27-24(32-17)21-3-5-22(6-4-21)25(30)31-2)15-28(7-8-29)16-26-12-18-9-19(13-26)11-20(10-18)14-26/h3-6,18-20,29H,7-16H2,1-2H3. The molecule has 6 rings (SSSR count). The largest absolute Gasteiger partial charge is 0.465 e. The Morgan fingerprint density at radius 3 is 2.34 bits per heavy atom. The number of aliphatic hydroxyl groups excluding tert-OH is 1. The summed E-state index contributed by atoms with van der Waals surface area (Å²) in [7, 11) is 1.38. The zero-order valence-corrected chi connectivity index (χ0v) is 19.2. The summed E-state index contributed by atoms with van der Waals surface area (Å²) >= 11 is 0. The van der Waals surface area contributed by atoms with Gasteiger partial charge in [-0.3, -0.25) is 4.90 Å². The van der Waals surface area contributed by atoms with Crippen LogP contribution < -0.4 is 0 Å². The van der Waals surface area contributed by atoms with E-state index in [4.69, 9.17) is 14.1 Å². The Kier molecular flexibility index (Phi) is 5.84. The number of carbonyl (C=O) groups is 1. The number of nitrogens with zero attached hydrogens (tertiary/aromatic N) is 2. The highest BCUT2D eigenvalue weighted by atomic mass is 16.5. The number of aromatic nitrogens is 1. The van der Waals surface area contributed by atoms with Crippen molar-refractivity contribution >= 4 is 5.97 Å². The van der Waals surface area contributed by atoms with Gasteiger partial charge in [0.1, 0.15) is 5.76 Å². The molecule has 1 aromatic carbocycles. The van der Waals surface area contributed by atoms with E-state index < -0.39 is 0 Å². The Morgan fingerprint density at radius 1 is 1.16 bits per heavy atom. The fraction of sp³-hybridized carbons (Fsp3) is 0.615. The van der Waals surface area contributed by atoms with E-state index in [1.165, 1.54) is 45.6 Å². The molecule has 4 aliphatic rings. The second kappa shape index (κ2) is 8.64.